The Bertz CT molecular complexity index is 358. The van der Waals surface area contributed by atoms with Crippen LogP contribution in [0.25, 0.3) is 0 Å². The number of aromatic nitrogens is 2. The van der Waals surface area contributed by atoms with Crippen LogP contribution in [0.3, 0.4) is 0 Å². The quantitative estimate of drug-likeness (QED) is 0.792. The van der Waals surface area contributed by atoms with Crippen molar-refractivity contribution in [3.63, 3.8) is 0 Å². The van der Waals surface area contributed by atoms with Gasteiger partial charge in [-0.15, -0.1) is 0 Å². The fraction of sp³-hybridized carbons (Fsp3) is 0.636. The monoisotopic (exact) mass is 207 g/mol. The third-order valence-electron chi connectivity index (χ3n) is 2.85. The maximum absolute atomic E-state index is 11.6. The van der Waals surface area contributed by atoms with Gasteiger partial charge in [-0.3, -0.25) is 9.89 Å². The zero-order valence-electron chi connectivity index (χ0n) is 9.21. The second-order valence-corrected chi connectivity index (χ2v) is 4.34. The van der Waals surface area contributed by atoms with Crippen molar-refractivity contribution in [3.05, 3.63) is 11.8 Å². The lowest BCUT2D eigenvalue weighted by molar-refractivity contribution is -0.117. The molecule has 1 aliphatic rings. The highest BCUT2D eigenvalue weighted by atomic mass is 16.2. The first-order chi connectivity index (χ1) is 7.20. The molecule has 2 atom stereocenters. The van der Waals surface area contributed by atoms with Crippen molar-refractivity contribution in [2.75, 3.05) is 5.32 Å². The van der Waals surface area contributed by atoms with Crippen LogP contribution in [-0.2, 0) is 11.2 Å². The summed E-state index contributed by atoms with van der Waals surface area (Å²) >= 11 is 0. The molecule has 4 heteroatoms. The SMILES string of the molecule is CCCc1cc(NC(=O)C2CC2C)n[nH]1. The first kappa shape index (κ1) is 10.2. The molecule has 4 nitrogen and oxygen atoms in total. The van der Waals surface area contributed by atoms with E-state index in [0.29, 0.717) is 11.7 Å². The molecule has 0 aliphatic heterocycles. The highest BCUT2D eigenvalue weighted by Crippen LogP contribution is 2.38. The van der Waals surface area contributed by atoms with Crippen LogP contribution in [-0.4, -0.2) is 16.1 Å². The largest absolute Gasteiger partial charge is 0.309 e. The van der Waals surface area contributed by atoms with Gasteiger partial charge in [-0.2, -0.15) is 5.10 Å². The summed E-state index contributed by atoms with van der Waals surface area (Å²) in [6.07, 6.45) is 3.07. The van der Waals surface area contributed by atoms with Crippen molar-refractivity contribution in [2.24, 2.45) is 11.8 Å². The first-order valence-electron chi connectivity index (χ1n) is 5.56. The number of aryl methyl sites for hydroxylation is 1. The van der Waals surface area contributed by atoms with E-state index in [-0.39, 0.29) is 11.8 Å². The number of hydrogen-bond acceptors (Lipinski definition) is 2. The van der Waals surface area contributed by atoms with Crippen LogP contribution in [0.1, 0.15) is 32.4 Å². The van der Waals surface area contributed by atoms with Gasteiger partial charge in [-0.1, -0.05) is 20.3 Å². The molecule has 0 bridgehead atoms. The smallest absolute Gasteiger partial charge is 0.228 e. The second kappa shape index (κ2) is 4.04. The number of amides is 1. The van der Waals surface area contributed by atoms with Gasteiger partial charge in [0.15, 0.2) is 5.82 Å². The van der Waals surface area contributed by atoms with E-state index >= 15 is 0 Å². The van der Waals surface area contributed by atoms with E-state index in [9.17, 15) is 4.79 Å². The van der Waals surface area contributed by atoms with E-state index < -0.39 is 0 Å². The standard InChI is InChI=1S/C11H17N3O/c1-3-4-8-6-10(14-13-8)12-11(15)9-5-7(9)2/h6-7,9H,3-5H2,1-2H3,(H2,12,13,14,15). The highest BCUT2D eigenvalue weighted by molar-refractivity contribution is 5.93. The van der Waals surface area contributed by atoms with Gasteiger partial charge in [0.1, 0.15) is 0 Å². The van der Waals surface area contributed by atoms with Crippen LogP contribution in [0, 0.1) is 11.8 Å². The van der Waals surface area contributed by atoms with Gasteiger partial charge in [-0.25, -0.2) is 0 Å². The number of aromatic amines is 1. The van der Waals surface area contributed by atoms with Crippen molar-refractivity contribution < 1.29 is 4.79 Å². The van der Waals surface area contributed by atoms with Gasteiger partial charge in [0.2, 0.25) is 5.91 Å². The predicted octanol–water partition coefficient (Wildman–Crippen LogP) is 1.96. The molecule has 15 heavy (non-hydrogen) atoms. The summed E-state index contributed by atoms with van der Waals surface area (Å²) in [4.78, 5) is 11.6. The number of nitrogens with zero attached hydrogens (tertiary/aromatic N) is 1. The Hall–Kier alpha value is -1.32. The molecule has 1 aliphatic carbocycles. The van der Waals surface area contributed by atoms with Crippen molar-refractivity contribution >= 4 is 11.7 Å². The fourth-order valence-corrected chi connectivity index (χ4v) is 1.73. The topological polar surface area (TPSA) is 57.8 Å². The third kappa shape index (κ3) is 2.37. The molecule has 1 amide bonds. The Morgan fingerprint density at radius 2 is 2.47 bits per heavy atom. The molecule has 0 aromatic carbocycles. The molecular formula is C11H17N3O. The third-order valence-corrected chi connectivity index (χ3v) is 2.85. The summed E-state index contributed by atoms with van der Waals surface area (Å²) < 4.78 is 0. The van der Waals surface area contributed by atoms with Gasteiger partial charge in [0.05, 0.1) is 0 Å². The molecule has 1 aromatic rings. The Morgan fingerprint density at radius 1 is 1.73 bits per heavy atom. The van der Waals surface area contributed by atoms with Crippen molar-refractivity contribution in [2.45, 2.75) is 33.1 Å². The Labute approximate surface area is 89.5 Å². The van der Waals surface area contributed by atoms with Crippen LogP contribution in [0.5, 0.6) is 0 Å². The average molecular weight is 207 g/mol. The van der Waals surface area contributed by atoms with Crippen molar-refractivity contribution in [1.82, 2.24) is 10.2 Å². The van der Waals surface area contributed by atoms with E-state index in [1.807, 2.05) is 6.07 Å². The molecule has 2 rings (SSSR count). The Balaban J connectivity index is 1.90. The van der Waals surface area contributed by atoms with E-state index in [2.05, 4.69) is 29.4 Å². The molecule has 1 aromatic heterocycles. The minimum Gasteiger partial charge on any atom is -0.309 e. The van der Waals surface area contributed by atoms with Gasteiger partial charge in [0.25, 0.3) is 0 Å². The maximum Gasteiger partial charge on any atom is 0.228 e. The summed E-state index contributed by atoms with van der Waals surface area (Å²) in [5.41, 5.74) is 1.08. The number of carbonyl (C=O) groups excluding carboxylic acids is 1. The lowest BCUT2D eigenvalue weighted by Gasteiger charge is -1.98. The second-order valence-electron chi connectivity index (χ2n) is 4.34. The lowest BCUT2D eigenvalue weighted by Crippen LogP contribution is -2.14. The average Bonchev–Trinajstić information content (AvgIpc) is 2.76. The van der Waals surface area contributed by atoms with Crippen LogP contribution in [0.2, 0.25) is 0 Å². The van der Waals surface area contributed by atoms with Crippen LogP contribution in [0.4, 0.5) is 5.82 Å². The number of hydrogen-bond donors (Lipinski definition) is 2. The van der Waals surface area contributed by atoms with E-state index in [4.69, 9.17) is 0 Å². The summed E-state index contributed by atoms with van der Waals surface area (Å²) in [7, 11) is 0. The predicted molar refractivity (Wildman–Crippen MR) is 58.5 cm³/mol. The molecule has 2 N–H and O–H groups in total. The van der Waals surface area contributed by atoms with Gasteiger partial charge in [0, 0.05) is 17.7 Å². The minimum absolute atomic E-state index is 0.108. The molecule has 2 unspecified atom stereocenters. The lowest BCUT2D eigenvalue weighted by atomic mass is 10.2. The summed E-state index contributed by atoms with van der Waals surface area (Å²) in [6.45, 7) is 4.21. The molecule has 0 spiro atoms. The summed E-state index contributed by atoms with van der Waals surface area (Å²) in [6, 6.07) is 1.91. The zero-order valence-corrected chi connectivity index (χ0v) is 9.21. The van der Waals surface area contributed by atoms with E-state index in [1.54, 1.807) is 0 Å². The van der Waals surface area contributed by atoms with Crippen LogP contribution >= 0.6 is 0 Å². The minimum atomic E-state index is 0.108. The molecule has 0 saturated heterocycles. The molecule has 82 valence electrons. The maximum atomic E-state index is 11.6. The fourth-order valence-electron chi connectivity index (χ4n) is 1.73. The molecule has 0 radical (unpaired) electrons. The van der Waals surface area contributed by atoms with E-state index in [0.717, 1.165) is 25.0 Å². The Morgan fingerprint density at radius 3 is 3.07 bits per heavy atom. The molecule has 1 saturated carbocycles. The molecular weight excluding hydrogens is 190 g/mol. The summed E-state index contributed by atoms with van der Waals surface area (Å²) in [5.74, 6) is 1.51. The van der Waals surface area contributed by atoms with Gasteiger partial charge >= 0.3 is 0 Å². The van der Waals surface area contributed by atoms with Crippen molar-refractivity contribution in [3.8, 4) is 0 Å². The van der Waals surface area contributed by atoms with Crippen molar-refractivity contribution in [1.29, 1.82) is 0 Å². The number of carbonyl (C=O) groups is 1. The van der Waals surface area contributed by atoms with E-state index in [1.165, 1.54) is 0 Å². The first-order valence-corrected chi connectivity index (χ1v) is 5.56. The highest BCUT2D eigenvalue weighted by Gasteiger charge is 2.39. The number of H-pyrrole nitrogens is 1. The normalized spacial score (nSPS) is 23.9. The molecule has 1 fully saturated rings. The number of rotatable bonds is 4. The summed E-state index contributed by atoms with van der Waals surface area (Å²) in [5, 5.41) is 9.80. The van der Waals surface area contributed by atoms with Gasteiger partial charge in [-0.05, 0) is 18.8 Å². The molecule has 1 heterocycles. The Kier molecular flexibility index (Phi) is 2.75. The van der Waals surface area contributed by atoms with Crippen LogP contribution < -0.4 is 5.32 Å². The number of nitrogens with one attached hydrogen (secondary N) is 2. The zero-order chi connectivity index (χ0) is 10.8. The van der Waals surface area contributed by atoms with Crippen LogP contribution in [0.15, 0.2) is 6.07 Å². The number of anilines is 1. The van der Waals surface area contributed by atoms with Gasteiger partial charge < -0.3 is 5.32 Å².